The van der Waals surface area contributed by atoms with Crippen LogP contribution in [0.3, 0.4) is 0 Å². The van der Waals surface area contributed by atoms with Crippen LogP contribution < -0.4 is 0 Å². The van der Waals surface area contributed by atoms with Crippen molar-refractivity contribution in [3.8, 4) is 5.75 Å². The molecule has 0 aliphatic carbocycles. The Morgan fingerprint density at radius 3 is 2.44 bits per heavy atom. The molecule has 0 saturated carbocycles. The predicted octanol–water partition coefficient (Wildman–Crippen LogP) is 4.91. The van der Waals surface area contributed by atoms with E-state index in [-0.39, 0.29) is 0 Å². The SMILES string of the molecule is CC(C)CCCCc1ccc2cc(O)ccc2c1. The number of fused-ring (bicyclic) bond motifs is 1. The van der Waals surface area contributed by atoms with Gasteiger partial charge >= 0.3 is 0 Å². The van der Waals surface area contributed by atoms with E-state index in [4.69, 9.17) is 0 Å². The lowest BCUT2D eigenvalue weighted by atomic mass is 10.0. The van der Waals surface area contributed by atoms with Crippen molar-refractivity contribution >= 4 is 10.8 Å². The number of phenols is 1. The standard InChI is InChI=1S/C17H22O/c1-13(2)5-3-4-6-14-7-8-16-12-17(18)10-9-15(16)11-14/h7-13,18H,3-6H2,1-2H3. The highest BCUT2D eigenvalue weighted by Crippen LogP contribution is 2.22. The Labute approximate surface area is 109 Å². The third-order valence-electron chi connectivity index (χ3n) is 3.39. The van der Waals surface area contributed by atoms with Gasteiger partial charge in [-0.2, -0.15) is 0 Å². The predicted molar refractivity (Wildman–Crippen MR) is 78.0 cm³/mol. The summed E-state index contributed by atoms with van der Waals surface area (Å²) in [4.78, 5) is 0. The van der Waals surface area contributed by atoms with Gasteiger partial charge in [0, 0.05) is 0 Å². The van der Waals surface area contributed by atoms with Crippen LogP contribution >= 0.6 is 0 Å². The first-order valence-corrected chi connectivity index (χ1v) is 6.87. The molecule has 0 radical (unpaired) electrons. The second-order valence-corrected chi connectivity index (χ2v) is 5.51. The molecule has 0 aliphatic rings. The minimum atomic E-state index is 0.340. The Morgan fingerprint density at radius 1 is 0.944 bits per heavy atom. The fraction of sp³-hybridized carbons (Fsp3) is 0.412. The second kappa shape index (κ2) is 5.90. The van der Waals surface area contributed by atoms with Gasteiger partial charge in [-0.3, -0.25) is 0 Å². The Hall–Kier alpha value is -1.50. The van der Waals surface area contributed by atoms with Crippen LogP contribution in [0.2, 0.25) is 0 Å². The van der Waals surface area contributed by atoms with Gasteiger partial charge in [-0.1, -0.05) is 51.0 Å². The number of benzene rings is 2. The van der Waals surface area contributed by atoms with Crippen molar-refractivity contribution in [3.63, 3.8) is 0 Å². The number of phenolic OH excluding ortho intramolecular Hbond substituents is 1. The monoisotopic (exact) mass is 242 g/mol. The van der Waals surface area contributed by atoms with E-state index >= 15 is 0 Å². The fourth-order valence-electron chi connectivity index (χ4n) is 2.32. The first kappa shape index (κ1) is 12.9. The summed E-state index contributed by atoms with van der Waals surface area (Å²) in [5.74, 6) is 1.15. The number of rotatable bonds is 5. The zero-order valence-electron chi connectivity index (χ0n) is 11.3. The first-order valence-electron chi connectivity index (χ1n) is 6.87. The van der Waals surface area contributed by atoms with Gasteiger partial charge < -0.3 is 5.11 Å². The Kier molecular flexibility index (Phi) is 4.24. The maximum atomic E-state index is 9.42. The van der Waals surface area contributed by atoms with E-state index in [1.54, 1.807) is 6.07 Å². The van der Waals surface area contributed by atoms with Gasteiger partial charge in [0.2, 0.25) is 0 Å². The topological polar surface area (TPSA) is 20.2 Å². The maximum absolute atomic E-state index is 9.42. The summed E-state index contributed by atoms with van der Waals surface area (Å²) >= 11 is 0. The Bertz CT molecular complexity index is 514. The van der Waals surface area contributed by atoms with Gasteiger partial charge in [-0.05, 0) is 47.2 Å². The lowest BCUT2D eigenvalue weighted by Crippen LogP contribution is -1.90. The van der Waals surface area contributed by atoms with Crippen molar-refractivity contribution in [2.45, 2.75) is 39.5 Å². The van der Waals surface area contributed by atoms with Crippen LogP contribution in [0.1, 0.15) is 38.7 Å². The van der Waals surface area contributed by atoms with E-state index in [1.165, 1.54) is 30.2 Å². The highest BCUT2D eigenvalue weighted by atomic mass is 16.3. The highest BCUT2D eigenvalue weighted by molar-refractivity contribution is 5.84. The Balaban J connectivity index is 1.99. The summed E-state index contributed by atoms with van der Waals surface area (Å²) in [6.07, 6.45) is 5.05. The van der Waals surface area contributed by atoms with Crippen LogP contribution in [0.15, 0.2) is 36.4 Å². The lowest BCUT2D eigenvalue weighted by molar-refractivity contribution is 0.476. The number of hydrogen-bond donors (Lipinski definition) is 1. The Morgan fingerprint density at radius 2 is 1.67 bits per heavy atom. The largest absolute Gasteiger partial charge is 0.508 e. The minimum Gasteiger partial charge on any atom is -0.508 e. The zero-order chi connectivity index (χ0) is 13.0. The number of aryl methyl sites for hydroxylation is 1. The molecule has 0 heterocycles. The quantitative estimate of drug-likeness (QED) is 0.738. The zero-order valence-corrected chi connectivity index (χ0v) is 11.3. The lowest BCUT2D eigenvalue weighted by Gasteiger charge is -2.06. The molecule has 2 aromatic carbocycles. The van der Waals surface area contributed by atoms with Crippen LogP contribution in [-0.2, 0) is 6.42 Å². The highest BCUT2D eigenvalue weighted by Gasteiger charge is 1.99. The first-order chi connectivity index (χ1) is 8.65. The van der Waals surface area contributed by atoms with E-state index in [2.05, 4.69) is 32.0 Å². The van der Waals surface area contributed by atoms with Crippen LogP contribution in [0.25, 0.3) is 10.8 Å². The van der Waals surface area contributed by atoms with E-state index in [1.807, 2.05) is 12.1 Å². The maximum Gasteiger partial charge on any atom is 0.116 e. The van der Waals surface area contributed by atoms with Crippen LogP contribution in [0.4, 0.5) is 0 Å². The van der Waals surface area contributed by atoms with Gasteiger partial charge in [-0.15, -0.1) is 0 Å². The van der Waals surface area contributed by atoms with Crippen molar-refractivity contribution in [3.05, 3.63) is 42.0 Å². The smallest absolute Gasteiger partial charge is 0.116 e. The van der Waals surface area contributed by atoms with Crippen molar-refractivity contribution in [2.24, 2.45) is 5.92 Å². The van der Waals surface area contributed by atoms with Gasteiger partial charge in [0.25, 0.3) is 0 Å². The van der Waals surface area contributed by atoms with E-state index in [9.17, 15) is 5.11 Å². The molecule has 1 N–H and O–H groups in total. The molecule has 96 valence electrons. The van der Waals surface area contributed by atoms with Gasteiger partial charge in [0.15, 0.2) is 0 Å². The molecular formula is C17H22O. The third kappa shape index (κ3) is 3.49. The molecule has 0 spiro atoms. The average Bonchev–Trinajstić information content (AvgIpc) is 2.34. The summed E-state index contributed by atoms with van der Waals surface area (Å²) in [5, 5.41) is 11.8. The summed E-state index contributed by atoms with van der Waals surface area (Å²) in [7, 11) is 0. The molecule has 0 amide bonds. The molecule has 0 atom stereocenters. The number of hydrogen-bond acceptors (Lipinski definition) is 1. The van der Waals surface area contributed by atoms with Crippen molar-refractivity contribution in [2.75, 3.05) is 0 Å². The molecule has 0 fully saturated rings. The molecule has 0 aliphatic heterocycles. The molecule has 0 bridgehead atoms. The molecule has 18 heavy (non-hydrogen) atoms. The molecule has 0 aromatic heterocycles. The molecule has 2 aromatic rings. The third-order valence-corrected chi connectivity index (χ3v) is 3.39. The van der Waals surface area contributed by atoms with E-state index in [0.717, 1.165) is 17.7 Å². The van der Waals surface area contributed by atoms with E-state index in [0.29, 0.717) is 5.75 Å². The number of unbranched alkanes of at least 4 members (excludes halogenated alkanes) is 1. The van der Waals surface area contributed by atoms with Gasteiger partial charge in [0.1, 0.15) is 5.75 Å². The van der Waals surface area contributed by atoms with E-state index < -0.39 is 0 Å². The van der Waals surface area contributed by atoms with Crippen molar-refractivity contribution in [1.29, 1.82) is 0 Å². The molecule has 2 rings (SSSR count). The number of aromatic hydroxyl groups is 1. The fourth-order valence-corrected chi connectivity index (χ4v) is 2.32. The van der Waals surface area contributed by atoms with Crippen LogP contribution in [-0.4, -0.2) is 5.11 Å². The summed E-state index contributed by atoms with van der Waals surface area (Å²) in [5.41, 5.74) is 1.40. The van der Waals surface area contributed by atoms with Crippen molar-refractivity contribution in [1.82, 2.24) is 0 Å². The molecule has 0 saturated heterocycles. The van der Waals surface area contributed by atoms with Gasteiger partial charge in [-0.25, -0.2) is 0 Å². The summed E-state index contributed by atoms with van der Waals surface area (Å²) in [6, 6.07) is 12.1. The normalized spacial score (nSPS) is 11.3. The minimum absolute atomic E-state index is 0.340. The molecule has 1 nitrogen and oxygen atoms in total. The summed E-state index contributed by atoms with van der Waals surface area (Å²) in [6.45, 7) is 4.56. The second-order valence-electron chi connectivity index (χ2n) is 5.51. The average molecular weight is 242 g/mol. The molecule has 0 unspecified atom stereocenters. The van der Waals surface area contributed by atoms with Crippen molar-refractivity contribution < 1.29 is 5.11 Å². The summed E-state index contributed by atoms with van der Waals surface area (Å²) < 4.78 is 0. The molecule has 1 heteroatoms. The van der Waals surface area contributed by atoms with Gasteiger partial charge in [0.05, 0.1) is 0 Å². The van der Waals surface area contributed by atoms with Crippen LogP contribution in [0, 0.1) is 5.92 Å². The molecular weight excluding hydrogens is 220 g/mol. The van der Waals surface area contributed by atoms with Crippen LogP contribution in [0.5, 0.6) is 5.75 Å².